The molecule has 1 aliphatic heterocycles. The van der Waals surface area contributed by atoms with E-state index < -0.39 is 35.0 Å². The van der Waals surface area contributed by atoms with Crippen LogP contribution in [0.4, 0.5) is 15.5 Å². The molecule has 2 amide bonds. The van der Waals surface area contributed by atoms with E-state index in [2.05, 4.69) is 15.3 Å². The standard InChI is InChI=1S/C24H39N5O6/c1-22(2,3)33-18(30)17-15-28(11-10-25-17)19-26-12-16(13-27-19)14-29(20(31)34-23(4,5)6)21(32)35-24(7,8)9/h12-13,17,25H,10-11,14-15H2,1-9H3/t17-/m1/s1. The van der Waals surface area contributed by atoms with E-state index in [-0.39, 0.29) is 12.5 Å². The Morgan fingerprint density at radius 3 is 1.86 bits per heavy atom. The Kier molecular flexibility index (Phi) is 8.70. The second kappa shape index (κ2) is 10.8. The van der Waals surface area contributed by atoms with Gasteiger partial charge >= 0.3 is 18.2 Å². The molecule has 0 spiro atoms. The SMILES string of the molecule is CC(C)(C)OC(=O)[C@H]1CN(c2ncc(CN(C(=O)OC(C)(C)C)C(=O)OC(C)(C)C)cn2)CCN1. The van der Waals surface area contributed by atoms with Gasteiger partial charge in [-0.25, -0.2) is 24.5 Å². The maximum atomic E-state index is 12.7. The van der Waals surface area contributed by atoms with Crippen molar-refractivity contribution in [3.8, 4) is 0 Å². The van der Waals surface area contributed by atoms with Crippen LogP contribution >= 0.6 is 0 Å². The first-order valence-electron chi connectivity index (χ1n) is 11.7. The van der Waals surface area contributed by atoms with Crippen molar-refractivity contribution in [1.82, 2.24) is 20.2 Å². The molecule has 2 heterocycles. The highest BCUT2D eigenvalue weighted by Gasteiger charge is 2.32. The van der Waals surface area contributed by atoms with E-state index in [4.69, 9.17) is 14.2 Å². The van der Waals surface area contributed by atoms with Gasteiger partial charge in [0.15, 0.2) is 0 Å². The normalized spacial score (nSPS) is 16.9. The van der Waals surface area contributed by atoms with Crippen LogP contribution in [-0.4, -0.2) is 75.5 Å². The molecule has 0 saturated carbocycles. The first-order chi connectivity index (χ1) is 15.9. The lowest BCUT2D eigenvalue weighted by Gasteiger charge is -2.34. The van der Waals surface area contributed by atoms with Gasteiger partial charge in [0.2, 0.25) is 5.95 Å². The molecule has 2 rings (SSSR count). The molecule has 11 nitrogen and oxygen atoms in total. The van der Waals surface area contributed by atoms with Gasteiger partial charge in [0.25, 0.3) is 0 Å². The van der Waals surface area contributed by atoms with Crippen molar-refractivity contribution >= 4 is 24.1 Å². The summed E-state index contributed by atoms with van der Waals surface area (Å²) in [5.41, 5.74) is -1.63. The second-order valence-electron chi connectivity index (χ2n) is 11.4. The number of hydrogen-bond acceptors (Lipinski definition) is 10. The highest BCUT2D eigenvalue weighted by atomic mass is 16.6. The Balaban J connectivity index is 2.13. The van der Waals surface area contributed by atoms with E-state index in [0.717, 1.165) is 4.90 Å². The molecule has 1 aliphatic rings. The van der Waals surface area contributed by atoms with Gasteiger partial charge < -0.3 is 24.4 Å². The van der Waals surface area contributed by atoms with Crippen molar-refractivity contribution in [2.75, 3.05) is 24.5 Å². The third-order valence-electron chi connectivity index (χ3n) is 4.41. The number of nitrogens with zero attached hydrogens (tertiary/aromatic N) is 4. The monoisotopic (exact) mass is 493 g/mol. The first-order valence-corrected chi connectivity index (χ1v) is 11.7. The van der Waals surface area contributed by atoms with E-state index in [1.54, 1.807) is 41.5 Å². The number of amides is 2. The number of carbonyl (C=O) groups excluding carboxylic acids is 3. The highest BCUT2D eigenvalue weighted by molar-refractivity contribution is 5.88. The average molecular weight is 494 g/mol. The van der Waals surface area contributed by atoms with Crippen molar-refractivity contribution < 1.29 is 28.6 Å². The molecule has 1 fully saturated rings. The molecule has 35 heavy (non-hydrogen) atoms. The lowest BCUT2D eigenvalue weighted by atomic mass is 10.1. The zero-order chi connectivity index (χ0) is 26.6. The lowest BCUT2D eigenvalue weighted by Crippen LogP contribution is -2.56. The summed E-state index contributed by atoms with van der Waals surface area (Å²) in [4.78, 5) is 49.4. The van der Waals surface area contributed by atoms with Gasteiger partial charge in [0.1, 0.15) is 22.8 Å². The molecule has 1 atom stereocenters. The van der Waals surface area contributed by atoms with Crippen LogP contribution < -0.4 is 10.2 Å². The fourth-order valence-corrected chi connectivity index (χ4v) is 3.08. The molecule has 0 bridgehead atoms. The number of anilines is 1. The molecule has 1 aromatic heterocycles. The number of esters is 1. The zero-order valence-corrected chi connectivity index (χ0v) is 22.3. The predicted octanol–water partition coefficient (Wildman–Crippen LogP) is 3.27. The summed E-state index contributed by atoms with van der Waals surface area (Å²) in [6.45, 7) is 17.2. The average Bonchev–Trinajstić information content (AvgIpc) is 2.68. The molecular formula is C24H39N5O6. The minimum atomic E-state index is -0.821. The zero-order valence-electron chi connectivity index (χ0n) is 22.3. The molecule has 11 heteroatoms. The fraction of sp³-hybridized carbons (Fsp3) is 0.708. The van der Waals surface area contributed by atoms with E-state index >= 15 is 0 Å². The van der Waals surface area contributed by atoms with Gasteiger partial charge in [0.05, 0.1) is 6.54 Å². The minimum Gasteiger partial charge on any atom is -0.459 e. The van der Waals surface area contributed by atoms with Crippen LogP contribution in [0, 0.1) is 0 Å². The van der Waals surface area contributed by atoms with Crippen molar-refractivity contribution in [3.63, 3.8) is 0 Å². The van der Waals surface area contributed by atoms with Crippen molar-refractivity contribution in [2.24, 2.45) is 0 Å². The van der Waals surface area contributed by atoms with Gasteiger partial charge in [0, 0.05) is 37.6 Å². The minimum absolute atomic E-state index is 0.119. The Morgan fingerprint density at radius 1 is 0.914 bits per heavy atom. The second-order valence-corrected chi connectivity index (χ2v) is 11.4. The summed E-state index contributed by atoms with van der Waals surface area (Å²) in [7, 11) is 0. The molecule has 1 aromatic rings. The van der Waals surface area contributed by atoms with Crippen LogP contribution in [0.15, 0.2) is 12.4 Å². The molecule has 1 N–H and O–H groups in total. The van der Waals surface area contributed by atoms with Crippen molar-refractivity contribution in [3.05, 3.63) is 18.0 Å². The smallest absolute Gasteiger partial charge is 0.420 e. The number of rotatable bonds is 4. The van der Waals surface area contributed by atoms with Gasteiger partial charge in [-0.05, 0) is 62.3 Å². The van der Waals surface area contributed by atoms with Gasteiger partial charge in [-0.15, -0.1) is 0 Å². The Labute approximate surface area is 207 Å². The summed E-state index contributed by atoms with van der Waals surface area (Å²) in [6.07, 6.45) is 1.43. The fourth-order valence-electron chi connectivity index (χ4n) is 3.08. The molecule has 0 unspecified atom stereocenters. The number of ether oxygens (including phenoxy) is 3. The van der Waals surface area contributed by atoms with Crippen LogP contribution in [0.1, 0.15) is 67.9 Å². The maximum absolute atomic E-state index is 12.7. The summed E-state index contributed by atoms with van der Waals surface area (Å²) in [5.74, 6) is 0.106. The molecule has 196 valence electrons. The van der Waals surface area contributed by atoms with E-state index in [1.165, 1.54) is 12.4 Å². The Bertz CT molecular complexity index is 871. The van der Waals surface area contributed by atoms with Crippen LogP contribution in [-0.2, 0) is 25.5 Å². The third kappa shape index (κ3) is 9.67. The summed E-state index contributed by atoms with van der Waals surface area (Å²) >= 11 is 0. The lowest BCUT2D eigenvalue weighted by molar-refractivity contribution is -0.157. The van der Waals surface area contributed by atoms with Crippen LogP contribution in [0.25, 0.3) is 0 Å². The molecule has 0 aromatic carbocycles. The Hall–Kier alpha value is -2.95. The van der Waals surface area contributed by atoms with Crippen LogP contribution in [0.3, 0.4) is 0 Å². The van der Waals surface area contributed by atoms with Crippen LogP contribution in [0.2, 0.25) is 0 Å². The topological polar surface area (TPSA) is 123 Å². The largest absolute Gasteiger partial charge is 0.459 e. The van der Waals surface area contributed by atoms with Crippen LogP contribution in [0.5, 0.6) is 0 Å². The van der Waals surface area contributed by atoms with Gasteiger partial charge in [-0.3, -0.25) is 4.79 Å². The van der Waals surface area contributed by atoms with Crippen molar-refractivity contribution in [1.29, 1.82) is 0 Å². The predicted molar refractivity (Wildman–Crippen MR) is 130 cm³/mol. The number of nitrogens with one attached hydrogen (secondary N) is 1. The Morgan fingerprint density at radius 2 is 1.40 bits per heavy atom. The number of aromatic nitrogens is 2. The molecule has 1 saturated heterocycles. The van der Waals surface area contributed by atoms with Gasteiger partial charge in [-0.2, -0.15) is 0 Å². The third-order valence-corrected chi connectivity index (χ3v) is 4.41. The van der Waals surface area contributed by atoms with Crippen molar-refractivity contribution in [2.45, 2.75) is 91.7 Å². The van der Waals surface area contributed by atoms with E-state index in [1.807, 2.05) is 25.7 Å². The quantitative estimate of drug-likeness (QED) is 0.494. The van der Waals surface area contributed by atoms with Gasteiger partial charge in [-0.1, -0.05) is 0 Å². The first kappa shape index (κ1) is 28.3. The number of carbonyl (C=O) groups is 3. The highest BCUT2D eigenvalue weighted by Crippen LogP contribution is 2.18. The molecular weight excluding hydrogens is 454 g/mol. The molecule has 0 aliphatic carbocycles. The summed E-state index contributed by atoms with van der Waals surface area (Å²) in [5, 5.41) is 3.16. The number of piperazine rings is 1. The summed E-state index contributed by atoms with van der Waals surface area (Å²) < 4.78 is 16.2. The van der Waals surface area contributed by atoms with E-state index in [0.29, 0.717) is 31.1 Å². The maximum Gasteiger partial charge on any atom is 0.420 e. The summed E-state index contributed by atoms with van der Waals surface area (Å²) in [6, 6.07) is -0.499. The molecule has 0 radical (unpaired) electrons. The van der Waals surface area contributed by atoms with E-state index in [9.17, 15) is 14.4 Å². The number of hydrogen-bond donors (Lipinski definition) is 1. The number of imide groups is 1.